The van der Waals surface area contributed by atoms with Crippen LogP contribution in [0.15, 0.2) is 36.1 Å². The van der Waals surface area contributed by atoms with Gasteiger partial charge < -0.3 is 4.74 Å². The van der Waals surface area contributed by atoms with E-state index in [9.17, 15) is 0 Å². The van der Waals surface area contributed by atoms with Crippen LogP contribution in [-0.2, 0) is 4.74 Å². The van der Waals surface area contributed by atoms with E-state index in [2.05, 4.69) is 26.5 Å². The Kier molecular flexibility index (Phi) is 5.18. The van der Waals surface area contributed by atoms with Crippen molar-refractivity contribution in [1.82, 2.24) is 0 Å². The minimum atomic E-state index is 0.528. The number of methoxy groups -OCH3 is 1. The molecule has 0 amide bonds. The molecule has 0 aliphatic carbocycles. The number of ether oxygens (including phenoxy) is 1. The Morgan fingerprint density at radius 1 is 1.42 bits per heavy atom. The van der Waals surface area contributed by atoms with E-state index < -0.39 is 0 Å². The van der Waals surface area contributed by atoms with Gasteiger partial charge in [0, 0.05) is 0 Å². The molecule has 0 aromatic rings. The number of allylic oxidation sites excluding steroid dienone is 4. The van der Waals surface area contributed by atoms with Crippen molar-refractivity contribution < 1.29 is 4.74 Å². The normalized spacial score (nSPS) is 13.4. The third-order valence-electron chi connectivity index (χ3n) is 1.75. The van der Waals surface area contributed by atoms with E-state index in [1.165, 1.54) is 5.57 Å². The minimum absolute atomic E-state index is 0.528. The first kappa shape index (κ1) is 11.0. The number of rotatable bonds is 4. The molecule has 1 nitrogen and oxygen atoms in total. The molecule has 0 aromatic carbocycles. The molecule has 0 unspecified atom stereocenters. The highest BCUT2D eigenvalue weighted by Gasteiger charge is 1.99. The van der Waals surface area contributed by atoms with Crippen LogP contribution < -0.4 is 0 Å². The van der Waals surface area contributed by atoms with Crippen LogP contribution in [0.5, 0.6) is 0 Å². The van der Waals surface area contributed by atoms with Gasteiger partial charge in [0.05, 0.1) is 7.11 Å². The zero-order valence-corrected chi connectivity index (χ0v) is 8.42. The Morgan fingerprint density at radius 2 is 2.00 bits per heavy atom. The fourth-order valence-electron chi connectivity index (χ4n) is 0.949. The van der Waals surface area contributed by atoms with Crippen LogP contribution in [0, 0.1) is 5.92 Å². The molecule has 1 heteroatoms. The number of hydrogen-bond acceptors (Lipinski definition) is 1. The molecule has 0 fully saturated rings. The SMILES string of the molecule is C=C/C(=C\C(=C/C)C(C)C)OC. The number of hydrogen-bond donors (Lipinski definition) is 0. The van der Waals surface area contributed by atoms with Gasteiger partial charge in [-0.25, -0.2) is 0 Å². The second-order valence-electron chi connectivity index (χ2n) is 2.90. The zero-order chi connectivity index (χ0) is 9.56. The van der Waals surface area contributed by atoms with Crippen molar-refractivity contribution in [2.75, 3.05) is 7.11 Å². The van der Waals surface area contributed by atoms with Gasteiger partial charge in [-0.05, 0) is 30.6 Å². The fraction of sp³-hybridized carbons (Fsp3) is 0.455. The van der Waals surface area contributed by atoms with Gasteiger partial charge in [-0.15, -0.1) is 0 Å². The van der Waals surface area contributed by atoms with Crippen LogP contribution in [0.4, 0.5) is 0 Å². The lowest BCUT2D eigenvalue weighted by Gasteiger charge is -2.07. The Labute approximate surface area is 75.4 Å². The van der Waals surface area contributed by atoms with Crippen LogP contribution >= 0.6 is 0 Å². The summed E-state index contributed by atoms with van der Waals surface area (Å²) < 4.78 is 5.08. The molecule has 68 valence electrons. The monoisotopic (exact) mass is 166 g/mol. The first-order valence-electron chi connectivity index (χ1n) is 4.20. The molecule has 0 saturated heterocycles. The van der Waals surface area contributed by atoms with Crippen molar-refractivity contribution in [3.05, 3.63) is 36.1 Å². The summed E-state index contributed by atoms with van der Waals surface area (Å²) in [5.74, 6) is 1.34. The minimum Gasteiger partial charge on any atom is -0.497 e. The topological polar surface area (TPSA) is 9.23 Å². The smallest absolute Gasteiger partial charge is 0.118 e. The first-order valence-corrected chi connectivity index (χ1v) is 4.20. The molecule has 0 atom stereocenters. The van der Waals surface area contributed by atoms with Crippen LogP contribution in [-0.4, -0.2) is 7.11 Å². The van der Waals surface area contributed by atoms with Gasteiger partial charge in [0.1, 0.15) is 5.76 Å². The summed E-state index contributed by atoms with van der Waals surface area (Å²) in [6.07, 6.45) is 5.82. The predicted octanol–water partition coefficient (Wildman–Crippen LogP) is 3.31. The van der Waals surface area contributed by atoms with E-state index in [0.717, 1.165) is 5.76 Å². The molecule has 0 spiro atoms. The average Bonchev–Trinajstić information content (AvgIpc) is 2.06. The molecular weight excluding hydrogens is 148 g/mol. The van der Waals surface area contributed by atoms with E-state index in [1.807, 2.05) is 13.0 Å². The lowest BCUT2D eigenvalue weighted by Crippen LogP contribution is -1.92. The summed E-state index contributed by atoms with van der Waals surface area (Å²) in [6.45, 7) is 10.00. The molecule has 12 heavy (non-hydrogen) atoms. The van der Waals surface area contributed by atoms with E-state index >= 15 is 0 Å². The Balaban J connectivity index is 4.56. The molecule has 0 heterocycles. The summed E-state index contributed by atoms with van der Waals surface area (Å²) in [6, 6.07) is 0. The fourth-order valence-corrected chi connectivity index (χ4v) is 0.949. The highest BCUT2D eigenvalue weighted by molar-refractivity contribution is 5.26. The van der Waals surface area contributed by atoms with E-state index in [0.29, 0.717) is 5.92 Å². The van der Waals surface area contributed by atoms with Crippen molar-refractivity contribution in [2.24, 2.45) is 5.92 Å². The van der Waals surface area contributed by atoms with Gasteiger partial charge in [0.2, 0.25) is 0 Å². The first-order chi connectivity index (χ1) is 5.65. The maximum absolute atomic E-state index is 5.08. The predicted molar refractivity (Wildman–Crippen MR) is 53.9 cm³/mol. The maximum Gasteiger partial charge on any atom is 0.118 e. The molecule has 0 radical (unpaired) electrons. The molecule has 0 aromatic heterocycles. The van der Waals surface area contributed by atoms with Crippen molar-refractivity contribution in [1.29, 1.82) is 0 Å². The third kappa shape index (κ3) is 3.42. The van der Waals surface area contributed by atoms with Crippen molar-refractivity contribution in [3.63, 3.8) is 0 Å². The van der Waals surface area contributed by atoms with Gasteiger partial charge in [0.15, 0.2) is 0 Å². The van der Waals surface area contributed by atoms with Crippen LogP contribution in [0.25, 0.3) is 0 Å². The van der Waals surface area contributed by atoms with Gasteiger partial charge >= 0.3 is 0 Å². The second-order valence-corrected chi connectivity index (χ2v) is 2.90. The highest BCUT2D eigenvalue weighted by Crippen LogP contribution is 2.13. The van der Waals surface area contributed by atoms with Crippen LogP contribution in [0.2, 0.25) is 0 Å². The standard InChI is InChI=1S/C11H18O/c1-6-10(9(3)4)8-11(7-2)12-5/h6-9H,2H2,1,3-5H3/b10-6+,11-8+. The summed E-state index contributed by atoms with van der Waals surface area (Å²) in [5.41, 5.74) is 1.27. The van der Waals surface area contributed by atoms with E-state index in [-0.39, 0.29) is 0 Å². The quantitative estimate of drug-likeness (QED) is 0.460. The second kappa shape index (κ2) is 5.64. The lowest BCUT2D eigenvalue weighted by molar-refractivity contribution is 0.306. The van der Waals surface area contributed by atoms with Crippen LogP contribution in [0.3, 0.4) is 0 Å². The summed E-state index contributed by atoms with van der Waals surface area (Å²) >= 11 is 0. The molecule has 0 rings (SSSR count). The van der Waals surface area contributed by atoms with Gasteiger partial charge in [-0.2, -0.15) is 0 Å². The summed E-state index contributed by atoms with van der Waals surface area (Å²) in [5, 5.41) is 0. The van der Waals surface area contributed by atoms with Crippen molar-refractivity contribution >= 4 is 0 Å². The molecular formula is C11H18O. The van der Waals surface area contributed by atoms with Gasteiger partial charge in [0.25, 0.3) is 0 Å². The van der Waals surface area contributed by atoms with Gasteiger partial charge in [-0.1, -0.05) is 26.5 Å². The third-order valence-corrected chi connectivity index (χ3v) is 1.75. The summed E-state index contributed by atoms with van der Waals surface area (Å²) in [7, 11) is 1.65. The van der Waals surface area contributed by atoms with Gasteiger partial charge in [-0.3, -0.25) is 0 Å². The summed E-state index contributed by atoms with van der Waals surface area (Å²) in [4.78, 5) is 0. The maximum atomic E-state index is 5.08. The van der Waals surface area contributed by atoms with Crippen molar-refractivity contribution in [2.45, 2.75) is 20.8 Å². The average molecular weight is 166 g/mol. The Hall–Kier alpha value is -0.980. The Morgan fingerprint density at radius 3 is 2.25 bits per heavy atom. The van der Waals surface area contributed by atoms with Crippen LogP contribution in [0.1, 0.15) is 20.8 Å². The lowest BCUT2D eigenvalue weighted by atomic mass is 10.0. The largest absolute Gasteiger partial charge is 0.497 e. The van der Waals surface area contributed by atoms with Crippen molar-refractivity contribution in [3.8, 4) is 0 Å². The highest BCUT2D eigenvalue weighted by atomic mass is 16.5. The Bertz CT molecular complexity index is 197. The molecule has 0 aliphatic heterocycles. The van der Waals surface area contributed by atoms with E-state index in [1.54, 1.807) is 13.2 Å². The van der Waals surface area contributed by atoms with E-state index in [4.69, 9.17) is 4.74 Å². The zero-order valence-electron chi connectivity index (χ0n) is 8.42. The molecule has 0 N–H and O–H groups in total. The molecule has 0 saturated carbocycles. The molecule has 0 aliphatic rings. The molecule has 0 bridgehead atoms.